The van der Waals surface area contributed by atoms with Crippen LogP contribution >= 0.6 is 7.60 Å². The summed E-state index contributed by atoms with van der Waals surface area (Å²) in [7, 11) is -5.27. The average Bonchev–Trinajstić information content (AvgIpc) is 2.63. The molecule has 0 aromatic heterocycles. The van der Waals surface area contributed by atoms with Crippen molar-refractivity contribution in [2.75, 3.05) is 13.2 Å². The second-order valence-electron chi connectivity index (χ2n) is 6.46. The van der Waals surface area contributed by atoms with Gasteiger partial charge < -0.3 is 9.05 Å². The van der Waals surface area contributed by atoms with Crippen molar-refractivity contribution in [1.29, 1.82) is 0 Å². The van der Waals surface area contributed by atoms with Gasteiger partial charge in [0.2, 0.25) is 0 Å². The Kier molecular flexibility index (Phi) is 7.55. The molecule has 0 amide bonds. The molecule has 0 aliphatic carbocycles. The van der Waals surface area contributed by atoms with Crippen LogP contribution in [0.1, 0.15) is 37.5 Å². The van der Waals surface area contributed by atoms with Gasteiger partial charge in [0.05, 0.1) is 18.1 Å². The number of rotatable bonds is 9. The SMILES string of the molecule is CCOP(=O)(OCC)[C@@](C)(NS(=O)c1ccc(C)cc1)c1ccc(C)cc1. The normalized spacial score (nSPS) is 15.3. The molecule has 27 heavy (non-hydrogen) atoms. The highest BCUT2D eigenvalue weighted by atomic mass is 32.2. The summed E-state index contributed by atoms with van der Waals surface area (Å²) in [6, 6.07) is 14.9. The summed E-state index contributed by atoms with van der Waals surface area (Å²) in [5.74, 6) is 0. The summed E-state index contributed by atoms with van der Waals surface area (Å²) in [6.07, 6.45) is 0. The molecule has 0 saturated carbocycles. The summed E-state index contributed by atoms with van der Waals surface area (Å²) in [5, 5.41) is -1.28. The van der Waals surface area contributed by atoms with Crippen molar-refractivity contribution in [3.63, 3.8) is 0 Å². The minimum absolute atomic E-state index is 0.220. The Morgan fingerprint density at radius 1 is 0.926 bits per heavy atom. The van der Waals surface area contributed by atoms with Gasteiger partial charge in [0.1, 0.15) is 11.0 Å². The van der Waals surface area contributed by atoms with E-state index in [2.05, 4.69) is 4.72 Å². The third-order valence-electron chi connectivity index (χ3n) is 4.29. The second kappa shape index (κ2) is 9.26. The Morgan fingerprint density at radius 2 is 1.37 bits per heavy atom. The maximum Gasteiger partial charge on any atom is 0.355 e. The first-order valence-corrected chi connectivity index (χ1v) is 11.7. The molecule has 7 heteroatoms. The Hall–Kier alpha value is -1.30. The smallest absolute Gasteiger partial charge is 0.307 e. The highest BCUT2D eigenvalue weighted by Gasteiger charge is 2.50. The van der Waals surface area contributed by atoms with Gasteiger partial charge in [-0.1, -0.05) is 47.5 Å². The van der Waals surface area contributed by atoms with Crippen LogP contribution in [0, 0.1) is 13.8 Å². The number of nitrogens with one attached hydrogen (secondary N) is 1. The van der Waals surface area contributed by atoms with E-state index in [-0.39, 0.29) is 13.2 Å². The van der Waals surface area contributed by atoms with Gasteiger partial charge in [-0.05, 0) is 52.3 Å². The Morgan fingerprint density at radius 3 is 1.81 bits per heavy atom. The van der Waals surface area contributed by atoms with Gasteiger partial charge in [-0.3, -0.25) is 4.57 Å². The van der Waals surface area contributed by atoms with Crippen LogP contribution in [-0.4, -0.2) is 17.4 Å². The molecule has 148 valence electrons. The van der Waals surface area contributed by atoms with Crippen LogP contribution in [-0.2, 0) is 29.9 Å². The van der Waals surface area contributed by atoms with Crippen LogP contribution in [0.3, 0.4) is 0 Å². The van der Waals surface area contributed by atoms with Crippen molar-refractivity contribution < 1.29 is 17.8 Å². The number of benzene rings is 2. The molecule has 1 N–H and O–H groups in total. The molecule has 2 aromatic rings. The summed E-state index contributed by atoms with van der Waals surface area (Å²) in [4.78, 5) is 0.596. The van der Waals surface area contributed by atoms with Gasteiger partial charge in [-0.25, -0.2) is 8.93 Å². The summed E-state index contributed by atoms with van der Waals surface area (Å²) in [5.41, 5.74) is 2.84. The Labute approximate surface area is 164 Å². The molecule has 0 aliphatic rings. The van der Waals surface area contributed by atoms with Gasteiger partial charge in [-0.2, -0.15) is 0 Å². The highest BCUT2D eigenvalue weighted by molar-refractivity contribution is 7.83. The van der Waals surface area contributed by atoms with Gasteiger partial charge in [0.25, 0.3) is 0 Å². The van der Waals surface area contributed by atoms with E-state index in [1.54, 1.807) is 32.9 Å². The van der Waals surface area contributed by atoms with Crippen molar-refractivity contribution in [3.8, 4) is 0 Å². The fourth-order valence-electron chi connectivity index (χ4n) is 2.69. The first kappa shape index (κ1) is 22.0. The van der Waals surface area contributed by atoms with Crippen LogP contribution < -0.4 is 4.72 Å². The monoisotopic (exact) mass is 409 g/mol. The van der Waals surface area contributed by atoms with E-state index >= 15 is 0 Å². The summed E-state index contributed by atoms with van der Waals surface area (Å²) >= 11 is 0. The lowest BCUT2D eigenvalue weighted by Gasteiger charge is -2.36. The van der Waals surface area contributed by atoms with Crippen LogP contribution in [0.5, 0.6) is 0 Å². The quantitative estimate of drug-likeness (QED) is 0.589. The van der Waals surface area contributed by atoms with E-state index in [0.717, 1.165) is 11.1 Å². The molecule has 2 atom stereocenters. The van der Waals surface area contributed by atoms with Crippen LogP contribution in [0.2, 0.25) is 0 Å². The zero-order chi connectivity index (χ0) is 20.1. The summed E-state index contributed by atoms with van der Waals surface area (Å²) < 4.78 is 41.0. The zero-order valence-corrected chi connectivity index (χ0v) is 18.2. The molecule has 2 aromatic carbocycles. The van der Waals surface area contributed by atoms with Gasteiger partial charge in [0, 0.05) is 0 Å². The molecular weight excluding hydrogens is 381 g/mol. The van der Waals surface area contributed by atoms with E-state index in [1.807, 2.05) is 50.2 Å². The molecule has 0 aliphatic heterocycles. The van der Waals surface area contributed by atoms with Gasteiger partial charge in [0.15, 0.2) is 5.28 Å². The lowest BCUT2D eigenvalue weighted by atomic mass is 10.1. The van der Waals surface area contributed by atoms with Crippen LogP contribution in [0.4, 0.5) is 0 Å². The fourth-order valence-corrected chi connectivity index (χ4v) is 6.10. The predicted molar refractivity (Wildman–Crippen MR) is 110 cm³/mol. The van der Waals surface area contributed by atoms with Gasteiger partial charge >= 0.3 is 7.60 Å². The first-order valence-electron chi connectivity index (χ1n) is 8.98. The highest BCUT2D eigenvalue weighted by Crippen LogP contribution is 2.63. The van der Waals surface area contributed by atoms with Crippen LogP contribution in [0.15, 0.2) is 53.4 Å². The molecule has 2 rings (SSSR count). The number of hydrogen-bond acceptors (Lipinski definition) is 4. The third kappa shape index (κ3) is 4.95. The predicted octanol–water partition coefficient (Wildman–Crippen LogP) is 5.05. The molecule has 0 fully saturated rings. The molecule has 1 unspecified atom stereocenters. The van der Waals surface area contributed by atoms with E-state index < -0.39 is 23.9 Å². The Bertz CT molecular complexity index is 813. The lowest BCUT2D eigenvalue weighted by molar-refractivity contribution is 0.195. The van der Waals surface area contributed by atoms with E-state index in [1.165, 1.54) is 0 Å². The molecular formula is C20H28NO4PS. The minimum atomic E-state index is -3.67. The lowest BCUT2D eigenvalue weighted by Crippen LogP contribution is -2.41. The topological polar surface area (TPSA) is 64.6 Å². The van der Waals surface area contributed by atoms with Crippen molar-refractivity contribution in [1.82, 2.24) is 4.72 Å². The molecule has 0 spiro atoms. The largest absolute Gasteiger partial charge is 0.355 e. The molecule has 0 radical (unpaired) electrons. The third-order valence-corrected chi connectivity index (χ3v) is 8.39. The van der Waals surface area contributed by atoms with Crippen LogP contribution in [0.25, 0.3) is 0 Å². The maximum atomic E-state index is 13.7. The van der Waals surface area contributed by atoms with E-state index in [0.29, 0.717) is 10.5 Å². The average molecular weight is 409 g/mol. The zero-order valence-electron chi connectivity index (χ0n) is 16.5. The molecule has 0 bridgehead atoms. The first-order chi connectivity index (χ1) is 12.8. The minimum Gasteiger partial charge on any atom is -0.307 e. The van der Waals surface area contributed by atoms with Crippen molar-refractivity contribution in [3.05, 3.63) is 65.2 Å². The second-order valence-corrected chi connectivity index (χ2v) is 10.1. The van der Waals surface area contributed by atoms with E-state index in [9.17, 15) is 8.77 Å². The standard InChI is InChI=1S/C20H28NO4PS/c1-6-24-26(22,25-7-2)20(5,18-12-8-16(3)9-13-18)21-27(23)19-14-10-17(4)11-15-19/h8-15,21H,6-7H2,1-5H3/t20-,27?/m1/s1. The van der Waals surface area contributed by atoms with E-state index in [4.69, 9.17) is 9.05 Å². The van der Waals surface area contributed by atoms with Crippen molar-refractivity contribution in [2.45, 2.75) is 44.8 Å². The number of aryl methyl sites for hydroxylation is 2. The maximum absolute atomic E-state index is 13.7. The number of hydrogen-bond donors (Lipinski definition) is 1. The Balaban J connectivity index is 2.51. The summed E-state index contributed by atoms with van der Waals surface area (Å²) in [6.45, 7) is 9.62. The van der Waals surface area contributed by atoms with Crippen molar-refractivity contribution in [2.24, 2.45) is 0 Å². The molecule has 5 nitrogen and oxygen atoms in total. The van der Waals surface area contributed by atoms with Gasteiger partial charge in [-0.15, -0.1) is 0 Å². The van der Waals surface area contributed by atoms with Crippen molar-refractivity contribution >= 4 is 18.6 Å². The molecule has 0 saturated heterocycles. The molecule has 0 heterocycles. The fraction of sp³-hybridized carbons (Fsp3) is 0.400.